The van der Waals surface area contributed by atoms with Crippen molar-refractivity contribution in [3.8, 4) is 0 Å². The van der Waals surface area contributed by atoms with Crippen molar-refractivity contribution in [1.29, 1.82) is 0 Å². The topological polar surface area (TPSA) is 52.6 Å². The van der Waals surface area contributed by atoms with Crippen LogP contribution in [-0.2, 0) is 25.5 Å². The normalized spacial score (nSPS) is 10.1. The molecule has 0 saturated carbocycles. The van der Waals surface area contributed by atoms with Crippen molar-refractivity contribution < 1.29 is 32.2 Å². The van der Waals surface area contributed by atoms with Crippen LogP contribution < -0.4 is 0 Å². The molecule has 1 aromatic carbocycles. The van der Waals surface area contributed by atoms with E-state index in [1.165, 1.54) is 6.92 Å². The Balaban J connectivity index is 2.50. The molecule has 0 unspecified atom stereocenters. The molecule has 1 rings (SSSR count). The number of ether oxygens (including phenoxy) is 2. The fraction of sp³-hybridized carbons (Fsp3) is 0.333. The number of rotatable bonds is 4. The lowest BCUT2D eigenvalue weighted by atomic mass is 10.1. The summed E-state index contributed by atoms with van der Waals surface area (Å²) in [7, 11) is 0. The summed E-state index contributed by atoms with van der Waals surface area (Å²) in [4.78, 5) is 21.9. The van der Waals surface area contributed by atoms with Gasteiger partial charge in [-0.05, 0) is 24.6 Å². The summed E-state index contributed by atoms with van der Waals surface area (Å²) in [6.45, 7) is 1.28. The van der Waals surface area contributed by atoms with Crippen LogP contribution in [0.25, 0.3) is 0 Å². The average molecular weight is 276 g/mol. The molecule has 0 spiro atoms. The summed E-state index contributed by atoms with van der Waals surface area (Å²) in [5.41, 5.74) is 0.105. The van der Waals surface area contributed by atoms with E-state index in [0.717, 1.165) is 12.1 Å². The van der Waals surface area contributed by atoms with E-state index in [1.54, 1.807) is 0 Å². The van der Waals surface area contributed by atoms with Crippen LogP contribution in [0, 0.1) is 17.5 Å². The van der Waals surface area contributed by atoms with Crippen LogP contribution in [0.5, 0.6) is 0 Å². The van der Waals surface area contributed by atoms with Gasteiger partial charge in [0.1, 0.15) is 0 Å². The largest absolute Gasteiger partial charge is 0.458 e. The highest BCUT2D eigenvalue weighted by molar-refractivity contribution is 6.29. The molecule has 0 saturated heterocycles. The molecular weight excluding hydrogens is 265 g/mol. The van der Waals surface area contributed by atoms with Crippen molar-refractivity contribution in [3.63, 3.8) is 0 Å². The Morgan fingerprint density at radius 2 is 1.58 bits per heavy atom. The molecular formula is C12H11F3O4. The van der Waals surface area contributed by atoms with Gasteiger partial charge in [-0.15, -0.1) is 0 Å². The number of carbonyl (C=O) groups is 2. The average Bonchev–Trinajstić information content (AvgIpc) is 2.36. The molecule has 0 aliphatic rings. The lowest BCUT2D eigenvalue weighted by Gasteiger charge is -2.05. The third-order valence-electron chi connectivity index (χ3n) is 2.11. The van der Waals surface area contributed by atoms with Crippen molar-refractivity contribution in [1.82, 2.24) is 0 Å². The first-order chi connectivity index (χ1) is 8.95. The van der Waals surface area contributed by atoms with E-state index in [4.69, 9.17) is 0 Å². The molecule has 104 valence electrons. The zero-order valence-corrected chi connectivity index (χ0v) is 10.0. The summed E-state index contributed by atoms with van der Waals surface area (Å²) in [5, 5.41) is 0. The van der Waals surface area contributed by atoms with Gasteiger partial charge >= 0.3 is 11.9 Å². The number of carbonyl (C=O) groups excluding carboxylic acids is 2. The summed E-state index contributed by atoms with van der Waals surface area (Å²) in [6.07, 6.45) is -0.0563. The van der Waals surface area contributed by atoms with Crippen LogP contribution in [0.3, 0.4) is 0 Å². The van der Waals surface area contributed by atoms with Gasteiger partial charge < -0.3 is 9.47 Å². The van der Waals surface area contributed by atoms with Gasteiger partial charge in [0.15, 0.2) is 17.5 Å². The predicted octanol–water partition coefficient (Wildman–Crippen LogP) is 1.75. The molecule has 7 heteroatoms. The summed E-state index contributed by atoms with van der Waals surface area (Å²) < 4.78 is 47.3. The van der Waals surface area contributed by atoms with Gasteiger partial charge in [0.2, 0.25) is 0 Å². The van der Waals surface area contributed by atoms with Crippen LogP contribution in [-0.4, -0.2) is 25.2 Å². The van der Waals surface area contributed by atoms with Crippen LogP contribution in [0.4, 0.5) is 13.2 Å². The Bertz CT molecular complexity index is 465. The monoisotopic (exact) mass is 276 g/mol. The molecule has 4 nitrogen and oxygen atoms in total. The summed E-state index contributed by atoms with van der Waals surface area (Å²) in [6, 6.07) is 1.58. The minimum Gasteiger partial charge on any atom is -0.458 e. The highest BCUT2D eigenvalue weighted by Crippen LogP contribution is 2.14. The van der Waals surface area contributed by atoms with Crippen molar-refractivity contribution in [2.24, 2.45) is 0 Å². The van der Waals surface area contributed by atoms with E-state index in [-0.39, 0.29) is 25.2 Å². The maximum Gasteiger partial charge on any atom is 0.417 e. The number of halogens is 3. The Morgan fingerprint density at radius 3 is 2.11 bits per heavy atom. The maximum absolute atomic E-state index is 12.9. The second-order valence-electron chi connectivity index (χ2n) is 3.48. The number of hydrogen-bond acceptors (Lipinski definition) is 4. The van der Waals surface area contributed by atoms with Crippen LogP contribution >= 0.6 is 0 Å². The molecule has 0 N–H and O–H groups in total. The molecule has 0 fully saturated rings. The van der Waals surface area contributed by atoms with Gasteiger partial charge in [-0.25, -0.2) is 22.8 Å². The smallest absolute Gasteiger partial charge is 0.417 e. The molecule has 19 heavy (non-hydrogen) atoms. The van der Waals surface area contributed by atoms with Crippen molar-refractivity contribution in [2.75, 3.05) is 13.2 Å². The van der Waals surface area contributed by atoms with Crippen LogP contribution in [0.2, 0.25) is 0 Å². The first kappa shape index (κ1) is 15.0. The van der Waals surface area contributed by atoms with E-state index < -0.39 is 29.4 Å². The van der Waals surface area contributed by atoms with E-state index in [0.29, 0.717) is 0 Å². The van der Waals surface area contributed by atoms with Crippen molar-refractivity contribution in [2.45, 2.75) is 13.3 Å². The fourth-order valence-electron chi connectivity index (χ4n) is 1.26. The summed E-state index contributed by atoms with van der Waals surface area (Å²) in [5.74, 6) is -6.55. The minimum atomic E-state index is -1.56. The standard InChI is InChI=1S/C12H11F3O4/c1-2-18-11(16)12(17)19-4-3-7-5-8(13)10(15)9(14)6-7/h5-6H,2-4H2,1H3. The van der Waals surface area contributed by atoms with Gasteiger partial charge in [0.25, 0.3) is 0 Å². The lowest BCUT2D eigenvalue weighted by molar-refractivity contribution is -0.167. The van der Waals surface area contributed by atoms with Gasteiger partial charge in [0.05, 0.1) is 13.2 Å². The SMILES string of the molecule is CCOC(=O)C(=O)OCCc1cc(F)c(F)c(F)c1. The van der Waals surface area contributed by atoms with Crippen molar-refractivity contribution >= 4 is 11.9 Å². The van der Waals surface area contributed by atoms with Gasteiger partial charge in [-0.3, -0.25) is 0 Å². The Kier molecular flexibility index (Phi) is 5.35. The second-order valence-corrected chi connectivity index (χ2v) is 3.48. The zero-order chi connectivity index (χ0) is 14.4. The number of esters is 2. The van der Waals surface area contributed by atoms with Gasteiger partial charge in [-0.2, -0.15) is 0 Å². The van der Waals surface area contributed by atoms with Crippen LogP contribution in [0.1, 0.15) is 12.5 Å². The summed E-state index contributed by atoms with van der Waals surface area (Å²) >= 11 is 0. The van der Waals surface area contributed by atoms with E-state index in [2.05, 4.69) is 9.47 Å². The molecule has 0 atom stereocenters. The Morgan fingerprint density at radius 1 is 1.05 bits per heavy atom. The minimum absolute atomic E-state index is 0.0301. The lowest BCUT2D eigenvalue weighted by Crippen LogP contribution is -2.21. The highest BCUT2D eigenvalue weighted by atomic mass is 19.2. The first-order valence-corrected chi connectivity index (χ1v) is 5.43. The molecule has 0 radical (unpaired) electrons. The maximum atomic E-state index is 12.9. The van der Waals surface area contributed by atoms with E-state index in [9.17, 15) is 22.8 Å². The number of benzene rings is 1. The predicted molar refractivity (Wildman–Crippen MR) is 57.6 cm³/mol. The van der Waals surface area contributed by atoms with E-state index >= 15 is 0 Å². The zero-order valence-electron chi connectivity index (χ0n) is 10.0. The second kappa shape index (κ2) is 6.77. The highest BCUT2D eigenvalue weighted by Gasteiger charge is 2.16. The molecule has 0 aliphatic carbocycles. The molecule has 1 aromatic rings. The van der Waals surface area contributed by atoms with Crippen molar-refractivity contribution in [3.05, 3.63) is 35.1 Å². The molecule has 0 amide bonds. The van der Waals surface area contributed by atoms with Crippen LogP contribution in [0.15, 0.2) is 12.1 Å². The number of hydrogen-bond donors (Lipinski definition) is 0. The van der Waals surface area contributed by atoms with E-state index in [1.807, 2.05) is 0 Å². The first-order valence-electron chi connectivity index (χ1n) is 5.43. The molecule has 0 heterocycles. The van der Waals surface area contributed by atoms with Gasteiger partial charge in [-0.1, -0.05) is 0 Å². The van der Waals surface area contributed by atoms with Gasteiger partial charge in [0, 0.05) is 6.42 Å². The molecule has 0 bridgehead atoms. The molecule has 0 aromatic heterocycles. The quantitative estimate of drug-likeness (QED) is 0.477. The fourth-order valence-corrected chi connectivity index (χ4v) is 1.26. The molecule has 0 aliphatic heterocycles. The Hall–Kier alpha value is -2.05. The Labute approximate surface area is 107 Å². The third kappa shape index (κ3) is 4.27. The third-order valence-corrected chi connectivity index (χ3v) is 2.11.